The van der Waals surface area contributed by atoms with E-state index >= 15 is 0 Å². The van der Waals surface area contributed by atoms with E-state index in [-0.39, 0.29) is 0 Å². The van der Waals surface area contributed by atoms with Gasteiger partial charge in [0.1, 0.15) is 11.6 Å². The van der Waals surface area contributed by atoms with Crippen LogP contribution in [0.1, 0.15) is 37.4 Å². The molecule has 0 amide bonds. The van der Waals surface area contributed by atoms with E-state index in [0.717, 1.165) is 42.3 Å². The molecule has 6 heteroatoms. The Morgan fingerprint density at radius 1 is 1.24 bits per heavy atom. The summed E-state index contributed by atoms with van der Waals surface area (Å²) in [6.07, 6.45) is 1.83. The highest BCUT2D eigenvalue weighted by Crippen LogP contribution is 2.27. The van der Waals surface area contributed by atoms with Gasteiger partial charge in [-0.25, -0.2) is 9.67 Å². The van der Waals surface area contributed by atoms with Gasteiger partial charge >= 0.3 is 0 Å². The number of aromatic nitrogens is 4. The predicted molar refractivity (Wildman–Crippen MR) is 82.9 cm³/mol. The Morgan fingerprint density at radius 2 is 2.00 bits per heavy atom. The zero-order chi connectivity index (χ0) is 15.4. The van der Waals surface area contributed by atoms with Crippen molar-refractivity contribution in [2.24, 2.45) is 7.05 Å². The van der Waals surface area contributed by atoms with Crippen molar-refractivity contribution < 1.29 is 4.74 Å². The van der Waals surface area contributed by atoms with Crippen molar-refractivity contribution in [1.29, 1.82) is 0 Å². The fourth-order valence-corrected chi connectivity index (χ4v) is 2.10. The molecule has 2 rings (SSSR count). The summed E-state index contributed by atoms with van der Waals surface area (Å²) in [4.78, 5) is 9.09. The van der Waals surface area contributed by atoms with Crippen LogP contribution in [0.5, 0.6) is 11.8 Å². The number of aryl methyl sites for hydroxylation is 3. The average molecular weight is 289 g/mol. The topological polar surface area (TPSA) is 64.9 Å². The largest absolute Gasteiger partial charge is 0.420 e. The van der Waals surface area contributed by atoms with Gasteiger partial charge in [-0.1, -0.05) is 6.92 Å². The molecule has 0 unspecified atom stereocenters. The van der Waals surface area contributed by atoms with Crippen LogP contribution in [0.15, 0.2) is 6.07 Å². The second-order valence-corrected chi connectivity index (χ2v) is 5.05. The lowest BCUT2D eigenvalue weighted by Crippen LogP contribution is -2.08. The van der Waals surface area contributed by atoms with E-state index in [9.17, 15) is 0 Å². The number of anilines is 1. The molecule has 21 heavy (non-hydrogen) atoms. The molecule has 0 aromatic carbocycles. The molecule has 1 N–H and O–H groups in total. The van der Waals surface area contributed by atoms with Crippen molar-refractivity contribution in [2.45, 2.75) is 40.5 Å². The van der Waals surface area contributed by atoms with E-state index < -0.39 is 0 Å². The SMILES string of the molecule is CCCc1nc(NCC)c(C)c(Oc2cc(C)nn2C)n1. The molecule has 0 aliphatic heterocycles. The maximum atomic E-state index is 5.94. The number of hydrogen-bond acceptors (Lipinski definition) is 5. The molecule has 0 aliphatic rings. The van der Waals surface area contributed by atoms with Crippen LogP contribution in [0.25, 0.3) is 0 Å². The molecule has 0 saturated carbocycles. The highest BCUT2D eigenvalue weighted by molar-refractivity contribution is 5.49. The van der Waals surface area contributed by atoms with Gasteiger partial charge in [0.25, 0.3) is 0 Å². The molecular formula is C15H23N5O. The van der Waals surface area contributed by atoms with Gasteiger partial charge in [-0.15, -0.1) is 0 Å². The minimum absolute atomic E-state index is 0.590. The Hall–Kier alpha value is -2.11. The molecule has 0 bridgehead atoms. The highest BCUT2D eigenvalue weighted by atomic mass is 16.5. The number of ether oxygens (including phenoxy) is 1. The normalized spacial score (nSPS) is 10.7. The summed E-state index contributed by atoms with van der Waals surface area (Å²) in [6, 6.07) is 1.90. The molecule has 2 aromatic rings. The van der Waals surface area contributed by atoms with Crippen LogP contribution in [-0.2, 0) is 13.5 Å². The van der Waals surface area contributed by atoms with E-state index in [1.807, 2.05) is 33.9 Å². The second kappa shape index (κ2) is 6.56. The number of rotatable bonds is 6. The first-order chi connectivity index (χ1) is 10.0. The van der Waals surface area contributed by atoms with Crippen molar-refractivity contribution in [3.05, 3.63) is 23.1 Å². The Morgan fingerprint density at radius 3 is 2.57 bits per heavy atom. The smallest absolute Gasteiger partial charge is 0.229 e. The van der Waals surface area contributed by atoms with Crippen molar-refractivity contribution in [2.75, 3.05) is 11.9 Å². The molecule has 0 fully saturated rings. The number of nitrogens with zero attached hydrogens (tertiary/aromatic N) is 4. The van der Waals surface area contributed by atoms with Crippen LogP contribution in [0.3, 0.4) is 0 Å². The molecule has 0 radical (unpaired) electrons. The Kier molecular flexibility index (Phi) is 4.77. The Balaban J connectivity index is 2.38. The summed E-state index contributed by atoms with van der Waals surface area (Å²) in [5.74, 6) is 2.91. The maximum Gasteiger partial charge on any atom is 0.229 e. The van der Waals surface area contributed by atoms with Gasteiger partial charge in [-0.3, -0.25) is 0 Å². The van der Waals surface area contributed by atoms with Crippen molar-refractivity contribution in [1.82, 2.24) is 19.7 Å². The Bertz CT molecular complexity index is 621. The maximum absolute atomic E-state index is 5.94. The highest BCUT2D eigenvalue weighted by Gasteiger charge is 2.14. The van der Waals surface area contributed by atoms with Gasteiger partial charge in [-0.2, -0.15) is 10.1 Å². The molecule has 0 aliphatic carbocycles. The quantitative estimate of drug-likeness (QED) is 0.885. The van der Waals surface area contributed by atoms with Crippen molar-refractivity contribution in [3.63, 3.8) is 0 Å². The fourth-order valence-electron chi connectivity index (χ4n) is 2.10. The van der Waals surface area contributed by atoms with Gasteiger partial charge < -0.3 is 10.1 Å². The van der Waals surface area contributed by atoms with Gasteiger partial charge in [-0.05, 0) is 27.2 Å². The molecule has 2 aromatic heterocycles. The van der Waals surface area contributed by atoms with Crippen LogP contribution >= 0.6 is 0 Å². The number of hydrogen-bond donors (Lipinski definition) is 1. The van der Waals surface area contributed by atoms with Crippen LogP contribution in [0.4, 0.5) is 5.82 Å². The predicted octanol–water partition coefficient (Wildman–Crippen LogP) is 3.00. The second-order valence-electron chi connectivity index (χ2n) is 5.05. The molecule has 114 valence electrons. The molecule has 2 heterocycles. The average Bonchev–Trinajstić information content (AvgIpc) is 2.74. The lowest BCUT2D eigenvalue weighted by Gasteiger charge is -2.13. The summed E-state index contributed by atoms with van der Waals surface area (Å²) in [7, 11) is 1.86. The van der Waals surface area contributed by atoms with Crippen molar-refractivity contribution in [3.8, 4) is 11.8 Å². The summed E-state index contributed by atoms with van der Waals surface area (Å²) in [5, 5.41) is 7.55. The van der Waals surface area contributed by atoms with Gasteiger partial charge in [0.05, 0.1) is 11.3 Å². The number of nitrogens with one attached hydrogen (secondary N) is 1. The van der Waals surface area contributed by atoms with Crippen LogP contribution in [0.2, 0.25) is 0 Å². The summed E-state index contributed by atoms with van der Waals surface area (Å²) >= 11 is 0. The Labute approximate surface area is 125 Å². The standard InChI is InChI=1S/C15H23N5O/c1-6-8-12-17-14(16-7-2)11(4)15(18-12)21-13-9-10(3)19-20(13)5/h9H,6-8H2,1-5H3,(H,16,17,18). The van der Waals surface area contributed by atoms with E-state index in [4.69, 9.17) is 4.74 Å². The van der Waals surface area contributed by atoms with Crippen molar-refractivity contribution >= 4 is 5.82 Å². The van der Waals surface area contributed by atoms with E-state index in [2.05, 4.69) is 27.3 Å². The fraction of sp³-hybridized carbons (Fsp3) is 0.533. The van der Waals surface area contributed by atoms with Gasteiger partial charge in [0, 0.05) is 26.1 Å². The lowest BCUT2D eigenvalue weighted by molar-refractivity contribution is 0.409. The van der Waals surface area contributed by atoms with E-state index in [1.54, 1.807) is 4.68 Å². The van der Waals surface area contributed by atoms with Gasteiger partial charge in [0.2, 0.25) is 11.8 Å². The van der Waals surface area contributed by atoms with Crippen LogP contribution in [-0.4, -0.2) is 26.3 Å². The van der Waals surface area contributed by atoms with E-state index in [0.29, 0.717) is 11.8 Å². The summed E-state index contributed by atoms with van der Waals surface area (Å²) < 4.78 is 7.66. The zero-order valence-corrected chi connectivity index (χ0v) is 13.4. The third kappa shape index (κ3) is 3.51. The molecule has 0 spiro atoms. The third-order valence-electron chi connectivity index (χ3n) is 3.13. The minimum Gasteiger partial charge on any atom is -0.420 e. The molecular weight excluding hydrogens is 266 g/mol. The van der Waals surface area contributed by atoms with Crippen LogP contribution in [0, 0.1) is 13.8 Å². The molecule has 0 atom stereocenters. The van der Waals surface area contributed by atoms with Gasteiger partial charge in [0.15, 0.2) is 0 Å². The monoisotopic (exact) mass is 289 g/mol. The summed E-state index contributed by atoms with van der Waals surface area (Å²) in [5.41, 5.74) is 1.83. The molecule has 0 saturated heterocycles. The summed E-state index contributed by atoms with van der Waals surface area (Å²) in [6.45, 7) is 8.87. The first kappa shape index (κ1) is 15.3. The third-order valence-corrected chi connectivity index (χ3v) is 3.13. The van der Waals surface area contributed by atoms with Crippen LogP contribution < -0.4 is 10.1 Å². The first-order valence-corrected chi connectivity index (χ1v) is 7.35. The zero-order valence-electron chi connectivity index (χ0n) is 13.4. The van der Waals surface area contributed by atoms with E-state index in [1.165, 1.54) is 0 Å². The molecule has 6 nitrogen and oxygen atoms in total. The first-order valence-electron chi connectivity index (χ1n) is 7.35. The minimum atomic E-state index is 0.590. The lowest BCUT2D eigenvalue weighted by atomic mass is 10.2.